The first kappa shape index (κ1) is 23.1. The molecule has 0 saturated carbocycles. The van der Waals surface area contributed by atoms with Gasteiger partial charge in [-0.1, -0.05) is 6.07 Å². The zero-order chi connectivity index (χ0) is 23.8. The van der Waals surface area contributed by atoms with Gasteiger partial charge in [0.15, 0.2) is 0 Å². The van der Waals surface area contributed by atoms with Crippen LogP contribution >= 0.6 is 7.14 Å². The molecule has 10 heteroatoms. The fourth-order valence-corrected chi connectivity index (χ4v) is 4.62. The van der Waals surface area contributed by atoms with Crippen LogP contribution in [0.3, 0.4) is 0 Å². The van der Waals surface area contributed by atoms with E-state index >= 15 is 0 Å². The third-order valence-electron chi connectivity index (χ3n) is 5.54. The molecule has 3 aromatic rings. The summed E-state index contributed by atoms with van der Waals surface area (Å²) in [4.78, 5) is 9.75. The van der Waals surface area contributed by atoms with Crippen LogP contribution in [0, 0.1) is 0 Å². The number of aromatic nitrogens is 2. The van der Waals surface area contributed by atoms with Crippen molar-refractivity contribution in [2.24, 2.45) is 0 Å². The largest absolute Gasteiger partial charge is 0.497 e. The molecule has 6 nitrogen and oxygen atoms in total. The van der Waals surface area contributed by atoms with E-state index in [1.807, 2.05) is 18.2 Å². The Labute approximate surface area is 190 Å². The van der Waals surface area contributed by atoms with Crippen LogP contribution in [-0.2, 0) is 23.7 Å². The topological polar surface area (TPSA) is 67.3 Å². The molecule has 0 amide bonds. The fourth-order valence-electron chi connectivity index (χ4n) is 3.75. The van der Waals surface area contributed by atoms with E-state index in [2.05, 4.69) is 15.3 Å². The van der Waals surface area contributed by atoms with Crippen molar-refractivity contribution in [3.63, 3.8) is 0 Å². The van der Waals surface area contributed by atoms with E-state index in [0.29, 0.717) is 29.7 Å². The lowest BCUT2D eigenvalue weighted by atomic mass is 9.99. The molecule has 0 spiro atoms. The van der Waals surface area contributed by atoms with E-state index in [4.69, 9.17) is 4.74 Å². The van der Waals surface area contributed by atoms with Gasteiger partial charge in [0.2, 0.25) is 5.95 Å². The first-order valence-electron chi connectivity index (χ1n) is 10.3. The lowest BCUT2D eigenvalue weighted by Gasteiger charge is -2.31. The molecule has 2 heterocycles. The molecular formula is C23H24F3N4O2P. The Morgan fingerprint density at radius 1 is 1.09 bits per heavy atom. The Balaban J connectivity index is 1.65. The number of fused-ring (bicyclic) bond motifs is 1. The number of hydrogen-bond donors (Lipinski definition) is 1. The van der Waals surface area contributed by atoms with Crippen molar-refractivity contribution in [3.8, 4) is 5.75 Å². The van der Waals surface area contributed by atoms with Crippen LogP contribution in [0.1, 0.15) is 16.7 Å². The lowest BCUT2D eigenvalue weighted by molar-refractivity contribution is -0.137. The Hall–Kier alpha value is -3.06. The third kappa shape index (κ3) is 5.14. The van der Waals surface area contributed by atoms with E-state index in [1.165, 1.54) is 0 Å². The van der Waals surface area contributed by atoms with Crippen LogP contribution in [0.2, 0.25) is 0 Å². The second-order valence-electron chi connectivity index (χ2n) is 8.26. The number of halogens is 3. The summed E-state index contributed by atoms with van der Waals surface area (Å²) in [5.74, 6) is 0.541. The van der Waals surface area contributed by atoms with E-state index in [0.717, 1.165) is 17.3 Å². The van der Waals surface area contributed by atoms with E-state index in [9.17, 15) is 17.7 Å². The number of hydrogen-bond acceptors (Lipinski definition) is 6. The predicted molar refractivity (Wildman–Crippen MR) is 124 cm³/mol. The van der Waals surface area contributed by atoms with E-state index in [1.54, 1.807) is 49.6 Å². The molecule has 0 saturated heterocycles. The summed E-state index contributed by atoms with van der Waals surface area (Å²) >= 11 is 0. The minimum Gasteiger partial charge on any atom is -0.497 e. The highest BCUT2D eigenvalue weighted by molar-refractivity contribution is 7.70. The molecular weight excluding hydrogens is 452 g/mol. The van der Waals surface area contributed by atoms with Crippen LogP contribution in [0.5, 0.6) is 5.75 Å². The Bertz CT molecular complexity index is 1210. The van der Waals surface area contributed by atoms with Crippen LogP contribution in [0.25, 0.3) is 0 Å². The number of alkyl halides is 3. The SMILES string of the molecule is COc1ccc2c(c1)CN(c1nc(Nc3ccc(P(C)(C)=O)cc3)ncc1C(F)(F)F)CC2. The highest BCUT2D eigenvalue weighted by atomic mass is 31.2. The highest BCUT2D eigenvalue weighted by Gasteiger charge is 2.37. The molecule has 0 bridgehead atoms. The summed E-state index contributed by atoms with van der Waals surface area (Å²) < 4.78 is 58.7. The zero-order valence-corrected chi connectivity index (χ0v) is 19.4. The number of ether oxygens (including phenoxy) is 1. The van der Waals surface area contributed by atoms with Gasteiger partial charge in [0.1, 0.15) is 24.3 Å². The van der Waals surface area contributed by atoms with Crippen molar-refractivity contribution in [2.75, 3.05) is 37.2 Å². The Morgan fingerprint density at radius 3 is 2.45 bits per heavy atom. The molecule has 0 unspecified atom stereocenters. The molecule has 1 aliphatic rings. The van der Waals surface area contributed by atoms with Gasteiger partial charge in [-0.2, -0.15) is 18.2 Å². The lowest BCUT2D eigenvalue weighted by Crippen LogP contribution is -2.33. The third-order valence-corrected chi connectivity index (χ3v) is 7.09. The van der Waals surface area contributed by atoms with Gasteiger partial charge in [0.25, 0.3) is 0 Å². The average molecular weight is 476 g/mol. The maximum atomic E-state index is 13.8. The van der Waals surface area contributed by atoms with Gasteiger partial charge in [-0.25, -0.2) is 4.98 Å². The van der Waals surface area contributed by atoms with Crippen molar-refractivity contribution in [2.45, 2.75) is 19.1 Å². The van der Waals surface area contributed by atoms with E-state index < -0.39 is 18.9 Å². The predicted octanol–water partition coefficient (Wildman–Crippen LogP) is 5.06. The van der Waals surface area contributed by atoms with Crippen molar-refractivity contribution in [1.29, 1.82) is 0 Å². The quantitative estimate of drug-likeness (QED) is 0.520. The molecule has 1 N–H and O–H groups in total. The molecule has 2 aromatic carbocycles. The number of benzene rings is 2. The van der Waals surface area contributed by atoms with Crippen molar-refractivity contribution >= 4 is 29.9 Å². The fraction of sp³-hybridized carbons (Fsp3) is 0.304. The maximum absolute atomic E-state index is 13.8. The van der Waals surface area contributed by atoms with Gasteiger partial charge in [0.05, 0.1) is 7.11 Å². The molecule has 4 rings (SSSR count). The van der Waals surface area contributed by atoms with Gasteiger partial charge in [-0.05, 0) is 67.3 Å². The Kier molecular flexibility index (Phi) is 6.10. The van der Waals surface area contributed by atoms with Crippen molar-refractivity contribution < 1.29 is 22.5 Å². The minimum atomic E-state index is -4.59. The van der Waals surface area contributed by atoms with Gasteiger partial charge < -0.3 is 19.5 Å². The maximum Gasteiger partial charge on any atom is 0.421 e. The smallest absolute Gasteiger partial charge is 0.421 e. The average Bonchev–Trinajstić information content (AvgIpc) is 2.77. The number of nitrogens with zero attached hydrogens (tertiary/aromatic N) is 3. The van der Waals surface area contributed by atoms with Crippen LogP contribution in [0.15, 0.2) is 48.7 Å². The standard InChI is InChI=1S/C23H24F3N4O2P/c1-32-18-7-4-15-10-11-30(14-16(15)12-18)21-20(23(24,25)26)13-27-22(29-21)28-17-5-8-19(9-6-17)33(2,3)31/h4-9,12-13H,10-11,14H2,1-3H3,(H,27,28,29). The molecule has 0 atom stereocenters. The zero-order valence-electron chi connectivity index (χ0n) is 18.5. The normalized spacial score (nSPS) is 14.1. The summed E-state index contributed by atoms with van der Waals surface area (Å²) in [7, 11) is -0.850. The van der Waals surface area contributed by atoms with Gasteiger partial charge in [0, 0.05) is 30.3 Å². The van der Waals surface area contributed by atoms with Gasteiger partial charge in [-0.3, -0.25) is 0 Å². The second-order valence-corrected chi connectivity index (χ2v) is 11.5. The molecule has 0 fully saturated rings. The minimum absolute atomic E-state index is 0.0540. The number of methoxy groups -OCH3 is 1. The van der Waals surface area contributed by atoms with Crippen molar-refractivity contribution in [3.05, 3.63) is 65.4 Å². The van der Waals surface area contributed by atoms with Gasteiger partial charge >= 0.3 is 6.18 Å². The van der Waals surface area contributed by atoms with Gasteiger partial charge in [-0.15, -0.1) is 0 Å². The number of anilines is 3. The summed E-state index contributed by atoms with van der Waals surface area (Å²) in [5.41, 5.74) is 1.69. The number of nitrogens with one attached hydrogen (secondary N) is 1. The van der Waals surface area contributed by atoms with E-state index in [-0.39, 0.29) is 18.3 Å². The summed E-state index contributed by atoms with van der Waals surface area (Å²) in [6.07, 6.45) is -3.18. The monoisotopic (exact) mass is 476 g/mol. The second kappa shape index (κ2) is 8.71. The molecule has 1 aromatic heterocycles. The molecule has 174 valence electrons. The number of rotatable bonds is 5. The summed E-state index contributed by atoms with van der Waals surface area (Å²) in [6, 6.07) is 12.5. The first-order valence-corrected chi connectivity index (χ1v) is 12.9. The summed E-state index contributed by atoms with van der Waals surface area (Å²) in [6.45, 7) is 4.03. The van der Waals surface area contributed by atoms with Crippen molar-refractivity contribution in [1.82, 2.24) is 9.97 Å². The molecule has 0 aliphatic carbocycles. The Morgan fingerprint density at radius 2 is 1.82 bits per heavy atom. The highest BCUT2D eigenvalue weighted by Crippen LogP contribution is 2.38. The van der Waals surface area contributed by atoms with Crippen LogP contribution in [-0.4, -0.2) is 37.0 Å². The molecule has 33 heavy (non-hydrogen) atoms. The first-order chi connectivity index (χ1) is 15.5. The van der Waals surface area contributed by atoms with Crippen LogP contribution < -0.4 is 20.3 Å². The molecule has 0 radical (unpaired) electrons. The summed E-state index contributed by atoms with van der Waals surface area (Å²) in [5, 5.41) is 3.66. The molecule has 1 aliphatic heterocycles. The van der Waals surface area contributed by atoms with Crippen LogP contribution in [0.4, 0.5) is 30.6 Å².